The number of unbranched alkanes of at least 4 members (excludes halogenated alkanes) is 1. The highest BCUT2D eigenvalue weighted by Crippen LogP contribution is 2.31. The van der Waals surface area contributed by atoms with Crippen LogP contribution >= 0.6 is 0 Å². The van der Waals surface area contributed by atoms with Crippen molar-refractivity contribution in [3.05, 3.63) is 36.6 Å². The van der Waals surface area contributed by atoms with Gasteiger partial charge in [0.25, 0.3) is 0 Å². The fourth-order valence-electron chi connectivity index (χ4n) is 1.89. The number of allylic oxidation sites excluding steroid dienone is 1. The number of hydrogen-bond acceptors (Lipinski definition) is 4. The van der Waals surface area contributed by atoms with Gasteiger partial charge in [-0.15, -0.1) is 0 Å². The fourth-order valence-corrected chi connectivity index (χ4v) is 1.89. The maximum atomic E-state index is 10.5. The number of rotatable bonds is 12. The Morgan fingerprint density at radius 3 is 2.50 bits per heavy atom. The zero-order valence-electron chi connectivity index (χ0n) is 13.3. The van der Waals surface area contributed by atoms with Crippen LogP contribution in [0, 0.1) is 5.41 Å². The lowest BCUT2D eigenvalue weighted by atomic mass is 9.84. The molecule has 1 aliphatic rings. The predicted octanol–water partition coefficient (Wildman–Crippen LogP) is 2.94. The molecule has 0 aromatic heterocycles. The van der Waals surface area contributed by atoms with Crippen molar-refractivity contribution in [2.45, 2.75) is 26.2 Å². The van der Waals surface area contributed by atoms with E-state index in [1.54, 1.807) is 0 Å². The molecule has 0 saturated carbocycles. The highest BCUT2D eigenvalue weighted by molar-refractivity contribution is 5.89. The summed E-state index contributed by atoms with van der Waals surface area (Å²) in [5.74, 6) is -0.622. The van der Waals surface area contributed by atoms with E-state index in [1.807, 2.05) is 0 Å². The zero-order valence-corrected chi connectivity index (χ0v) is 13.3. The lowest BCUT2D eigenvalue weighted by molar-refractivity contribution is -0.150. The van der Waals surface area contributed by atoms with Gasteiger partial charge in [-0.1, -0.05) is 20.1 Å². The third kappa shape index (κ3) is 6.45. The summed E-state index contributed by atoms with van der Waals surface area (Å²) in [4.78, 5) is 10.5. The van der Waals surface area contributed by atoms with Gasteiger partial charge in [0.15, 0.2) is 0 Å². The molecule has 0 amide bonds. The summed E-state index contributed by atoms with van der Waals surface area (Å²) in [5, 5.41) is 8.65. The summed E-state index contributed by atoms with van der Waals surface area (Å²) in [5.41, 5.74) is 0.241. The molecule has 0 bridgehead atoms. The lowest BCUT2D eigenvalue weighted by Gasteiger charge is -2.40. The van der Waals surface area contributed by atoms with Gasteiger partial charge in [-0.25, -0.2) is 4.79 Å². The molecule has 22 heavy (non-hydrogen) atoms. The van der Waals surface area contributed by atoms with Crippen LogP contribution in [0.5, 0.6) is 0 Å². The average molecular weight is 310 g/mol. The van der Waals surface area contributed by atoms with Crippen molar-refractivity contribution in [2.24, 2.45) is 5.41 Å². The molecule has 1 saturated heterocycles. The summed E-state index contributed by atoms with van der Waals surface area (Å²) < 4.78 is 16.3. The molecule has 0 spiro atoms. The van der Waals surface area contributed by atoms with Crippen LogP contribution in [0.3, 0.4) is 0 Å². The Balaban J connectivity index is 2.00. The van der Waals surface area contributed by atoms with Gasteiger partial charge >= 0.3 is 5.97 Å². The molecule has 1 rings (SSSR count). The molecule has 1 aliphatic heterocycles. The van der Waals surface area contributed by atoms with Gasteiger partial charge in [0.05, 0.1) is 32.0 Å². The Morgan fingerprint density at radius 1 is 1.27 bits per heavy atom. The Kier molecular flexibility index (Phi) is 7.91. The topological polar surface area (TPSA) is 65.0 Å². The standard InChI is InChI=1S/C17H26O5/c1-4-17(12-21-13-17)11-20-9-5-6-10-22-15(3)8-7-14(2)16(18)19/h7-8H,2-6,9-13H2,1H3,(H,18,19)/b8-7-. The molecule has 1 heterocycles. The lowest BCUT2D eigenvalue weighted by Crippen LogP contribution is -2.45. The quantitative estimate of drug-likeness (QED) is 0.260. The minimum Gasteiger partial charge on any atom is -0.494 e. The van der Waals surface area contributed by atoms with E-state index in [-0.39, 0.29) is 11.0 Å². The molecule has 0 aliphatic carbocycles. The van der Waals surface area contributed by atoms with E-state index in [4.69, 9.17) is 19.3 Å². The molecule has 5 heteroatoms. The third-order valence-electron chi connectivity index (χ3n) is 3.69. The summed E-state index contributed by atoms with van der Waals surface area (Å²) in [6, 6.07) is 0. The van der Waals surface area contributed by atoms with Crippen LogP contribution in [0.4, 0.5) is 0 Å². The number of aliphatic carboxylic acids is 1. The van der Waals surface area contributed by atoms with Crippen LogP contribution in [0.15, 0.2) is 36.6 Å². The van der Waals surface area contributed by atoms with Crippen molar-refractivity contribution in [1.29, 1.82) is 0 Å². The number of ether oxygens (including phenoxy) is 3. The first-order chi connectivity index (χ1) is 10.5. The number of hydrogen-bond donors (Lipinski definition) is 1. The molecular weight excluding hydrogens is 284 g/mol. The van der Waals surface area contributed by atoms with Gasteiger partial charge in [0.1, 0.15) is 5.76 Å². The highest BCUT2D eigenvalue weighted by Gasteiger charge is 2.36. The summed E-state index contributed by atoms with van der Waals surface area (Å²) in [6.45, 7) is 12.9. The Morgan fingerprint density at radius 2 is 1.95 bits per heavy atom. The molecule has 5 nitrogen and oxygen atoms in total. The zero-order chi connectivity index (χ0) is 16.4. The minimum absolute atomic E-state index is 0.00276. The highest BCUT2D eigenvalue weighted by atomic mass is 16.5. The van der Waals surface area contributed by atoms with E-state index in [9.17, 15) is 4.79 Å². The Labute approximate surface area is 132 Å². The Bertz CT molecular complexity index is 415. The minimum atomic E-state index is -1.05. The van der Waals surface area contributed by atoms with E-state index in [0.717, 1.165) is 39.1 Å². The monoisotopic (exact) mass is 310 g/mol. The number of carboxylic acids is 1. The molecule has 1 fully saturated rings. The van der Waals surface area contributed by atoms with Crippen LogP contribution in [0.25, 0.3) is 0 Å². The van der Waals surface area contributed by atoms with Gasteiger partial charge in [-0.2, -0.15) is 0 Å². The summed E-state index contributed by atoms with van der Waals surface area (Å²) in [7, 11) is 0. The third-order valence-corrected chi connectivity index (χ3v) is 3.69. The second-order valence-corrected chi connectivity index (χ2v) is 5.58. The Hall–Kier alpha value is -1.59. The van der Waals surface area contributed by atoms with E-state index in [0.29, 0.717) is 19.0 Å². The largest absolute Gasteiger partial charge is 0.494 e. The summed E-state index contributed by atoms with van der Waals surface area (Å²) in [6.07, 6.45) is 5.75. The molecule has 0 aromatic carbocycles. The normalized spacial score (nSPS) is 16.2. The molecule has 1 N–H and O–H groups in total. The van der Waals surface area contributed by atoms with Crippen molar-refractivity contribution in [2.75, 3.05) is 33.0 Å². The summed E-state index contributed by atoms with van der Waals surface area (Å²) >= 11 is 0. The van der Waals surface area contributed by atoms with Crippen molar-refractivity contribution in [3.63, 3.8) is 0 Å². The molecular formula is C17H26O5. The predicted molar refractivity (Wildman–Crippen MR) is 84.6 cm³/mol. The SMILES string of the molecule is C=C(/C=C\C(=C)C(=O)O)OCCCCOCC1(CC)COC1. The first-order valence-electron chi connectivity index (χ1n) is 7.56. The molecule has 124 valence electrons. The van der Waals surface area contributed by atoms with Crippen molar-refractivity contribution in [1.82, 2.24) is 0 Å². The van der Waals surface area contributed by atoms with Crippen LogP contribution < -0.4 is 0 Å². The molecule has 0 radical (unpaired) electrons. The van der Waals surface area contributed by atoms with Gasteiger partial charge in [-0.05, 0) is 31.4 Å². The number of carboxylic acid groups (broad SMARTS) is 1. The van der Waals surface area contributed by atoms with E-state index < -0.39 is 5.97 Å². The van der Waals surface area contributed by atoms with Gasteiger partial charge in [0.2, 0.25) is 0 Å². The van der Waals surface area contributed by atoms with Gasteiger partial charge in [-0.3, -0.25) is 0 Å². The molecule has 0 unspecified atom stereocenters. The first kappa shape index (κ1) is 18.5. The second kappa shape index (κ2) is 9.43. The number of carbonyl (C=O) groups is 1. The second-order valence-electron chi connectivity index (χ2n) is 5.58. The van der Waals surface area contributed by atoms with E-state index >= 15 is 0 Å². The van der Waals surface area contributed by atoms with Crippen LogP contribution in [0.1, 0.15) is 26.2 Å². The van der Waals surface area contributed by atoms with Gasteiger partial charge in [0, 0.05) is 12.0 Å². The smallest absolute Gasteiger partial charge is 0.335 e. The fraction of sp³-hybridized carbons (Fsp3) is 0.588. The van der Waals surface area contributed by atoms with Crippen LogP contribution in [-0.2, 0) is 19.0 Å². The van der Waals surface area contributed by atoms with Gasteiger partial charge < -0.3 is 19.3 Å². The van der Waals surface area contributed by atoms with Crippen molar-refractivity contribution >= 4 is 5.97 Å². The first-order valence-corrected chi connectivity index (χ1v) is 7.56. The van der Waals surface area contributed by atoms with E-state index in [2.05, 4.69) is 20.1 Å². The average Bonchev–Trinajstić information content (AvgIpc) is 2.45. The maximum absolute atomic E-state index is 10.5. The van der Waals surface area contributed by atoms with Crippen molar-refractivity contribution < 1.29 is 24.1 Å². The molecule has 0 aromatic rings. The van der Waals surface area contributed by atoms with E-state index in [1.165, 1.54) is 12.2 Å². The van der Waals surface area contributed by atoms with Crippen LogP contribution in [0.2, 0.25) is 0 Å². The maximum Gasteiger partial charge on any atom is 0.335 e. The molecule has 0 atom stereocenters. The van der Waals surface area contributed by atoms with Crippen molar-refractivity contribution in [3.8, 4) is 0 Å². The van der Waals surface area contributed by atoms with Crippen LogP contribution in [-0.4, -0.2) is 44.1 Å².